The SMILES string of the molecule is O=C(NC(=S)Nc1ccc(Br)c(Cl)c1)c1sc2ccccc2c1Cl. The topological polar surface area (TPSA) is 41.1 Å². The lowest BCUT2D eigenvalue weighted by Crippen LogP contribution is -2.33. The molecule has 8 heteroatoms. The van der Waals surface area contributed by atoms with Crippen LogP contribution in [-0.2, 0) is 0 Å². The molecule has 0 fully saturated rings. The Bertz CT molecular complexity index is 958. The van der Waals surface area contributed by atoms with Crippen molar-refractivity contribution in [1.82, 2.24) is 5.32 Å². The molecule has 24 heavy (non-hydrogen) atoms. The smallest absolute Gasteiger partial charge is 0.269 e. The zero-order valence-electron chi connectivity index (χ0n) is 11.9. The van der Waals surface area contributed by atoms with Gasteiger partial charge in [-0.15, -0.1) is 11.3 Å². The van der Waals surface area contributed by atoms with E-state index in [-0.39, 0.29) is 11.0 Å². The fraction of sp³-hybridized carbons (Fsp3) is 0. The van der Waals surface area contributed by atoms with Crippen LogP contribution in [0, 0.1) is 0 Å². The van der Waals surface area contributed by atoms with E-state index in [1.165, 1.54) is 11.3 Å². The molecule has 1 amide bonds. The summed E-state index contributed by atoms with van der Waals surface area (Å²) in [5.74, 6) is -0.345. The van der Waals surface area contributed by atoms with Crippen LogP contribution in [0.2, 0.25) is 10.0 Å². The summed E-state index contributed by atoms with van der Waals surface area (Å²) in [6, 6.07) is 12.9. The molecule has 3 nitrogen and oxygen atoms in total. The molecule has 1 aromatic heterocycles. The molecule has 0 saturated carbocycles. The Morgan fingerprint density at radius 2 is 1.92 bits per heavy atom. The number of hydrogen-bond donors (Lipinski definition) is 2. The lowest BCUT2D eigenvalue weighted by Gasteiger charge is -2.09. The maximum atomic E-state index is 12.4. The monoisotopic (exact) mass is 458 g/mol. The molecule has 0 aliphatic carbocycles. The van der Waals surface area contributed by atoms with E-state index in [1.807, 2.05) is 24.3 Å². The molecule has 0 spiro atoms. The molecular weight excluding hydrogens is 451 g/mol. The van der Waals surface area contributed by atoms with Gasteiger partial charge in [-0.2, -0.15) is 0 Å². The molecule has 0 aliphatic rings. The molecule has 0 bridgehead atoms. The zero-order chi connectivity index (χ0) is 17.3. The Morgan fingerprint density at radius 1 is 1.17 bits per heavy atom. The summed E-state index contributed by atoms with van der Waals surface area (Å²) in [6.45, 7) is 0. The highest BCUT2D eigenvalue weighted by Gasteiger charge is 2.17. The van der Waals surface area contributed by atoms with E-state index >= 15 is 0 Å². The van der Waals surface area contributed by atoms with Crippen molar-refractivity contribution < 1.29 is 4.79 Å². The average molecular weight is 460 g/mol. The normalized spacial score (nSPS) is 10.6. The molecule has 2 aromatic carbocycles. The van der Waals surface area contributed by atoms with Gasteiger partial charge >= 0.3 is 0 Å². The standard InChI is InChI=1S/C16H9BrCl2N2OS2/c17-10-6-5-8(7-11(10)18)20-16(23)21-15(22)14-13(19)9-3-1-2-4-12(9)24-14/h1-7H,(H2,20,21,22,23). The summed E-state index contributed by atoms with van der Waals surface area (Å²) < 4.78 is 1.73. The Labute approximate surface area is 166 Å². The van der Waals surface area contributed by atoms with E-state index in [1.54, 1.807) is 18.2 Å². The number of carbonyl (C=O) groups excluding carboxylic acids is 1. The maximum absolute atomic E-state index is 12.4. The zero-order valence-corrected chi connectivity index (χ0v) is 16.6. The Balaban J connectivity index is 1.74. The molecule has 0 atom stereocenters. The first-order valence-electron chi connectivity index (χ1n) is 6.70. The second-order valence-electron chi connectivity index (χ2n) is 4.78. The van der Waals surface area contributed by atoms with Crippen molar-refractivity contribution in [3.05, 3.63) is 61.9 Å². The average Bonchev–Trinajstić information content (AvgIpc) is 2.88. The first kappa shape index (κ1) is 17.6. The number of carbonyl (C=O) groups is 1. The Kier molecular flexibility index (Phi) is 5.42. The van der Waals surface area contributed by atoms with Gasteiger partial charge in [-0.3, -0.25) is 10.1 Å². The van der Waals surface area contributed by atoms with Gasteiger partial charge in [0.15, 0.2) is 5.11 Å². The van der Waals surface area contributed by atoms with Gasteiger partial charge in [-0.1, -0.05) is 41.4 Å². The third kappa shape index (κ3) is 3.73. The van der Waals surface area contributed by atoms with Crippen molar-refractivity contribution in [1.29, 1.82) is 0 Å². The van der Waals surface area contributed by atoms with Crippen molar-refractivity contribution in [3.63, 3.8) is 0 Å². The highest BCUT2D eigenvalue weighted by Crippen LogP contribution is 2.35. The second kappa shape index (κ2) is 7.37. The van der Waals surface area contributed by atoms with E-state index in [9.17, 15) is 4.79 Å². The molecule has 1 heterocycles. The van der Waals surface area contributed by atoms with E-state index < -0.39 is 0 Å². The molecule has 3 aromatic rings. The van der Waals surface area contributed by atoms with Crippen LogP contribution in [0.1, 0.15) is 9.67 Å². The van der Waals surface area contributed by atoms with Crippen LogP contribution in [0.5, 0.6) is 0 Å². The highest BCUT2D eigenvalue weighted by molar-refractivity contribution is 9.10. The Hall–Kier alpha value is -1.18. The summed E-state index contributed by atoms with van der Waals surface area (Å²) in [5.41, 5.74) is 0.677. The van der Waals surface area contributed by atoms with E-state index in [2.05, 4.69) is 26.6 Å². The quantitative estimate of drug-likeness (QED) is 0.455. The van der Waals surface area contributed by atoms with Crippen LogP contribution >= 0.6 is 62.7 Å². The summed E-state index contributed by atoms with van der Waals surface area (Å²) in [6.07, 6.45) is 0. The number of anilines is 1. The number of thiophene rings is 1. The number of halogens is 3. The van der Waals surface area contributed by atoms with E-state index in [4.69, 9.17) is 35.4 Å². The largest absolute Gasteiger partial charge is 0.332 e. The number of benzene rings is 2. The van der Waals surface area contributed by atoms with Gasteiger partial charge in [0.1, 0.15) is 4.88 Å². The third-order valence-corrected chi connectivity index (χ3v) is 6.26. The van der Waals surface area contributed by atoms with Crippen molar-refractivity contribution in [3.8, 4) is 0 Å². The van der Waals surface area contributed by atoms with E-state index in [0.29, 0.717) is 20.6 Å². The number of amides is 1. The van der Waals surface area contributed by atoms with Crippen LogP contribution in [0.4, 0.5) is 5.69 Å². The summed E-state index contributed by atoms with van der Waals surface area (Å²) in [7, 11) is 0. The first-order valence-corrected chi connectivity index (χ1v) is 9.47. The predicted molar refractivity (Wildman–Crippen MR) is 110 cm³/mol. The van der Waals surface area contributed by atoms with Crippen LogP contribution in [0.15, 0.2) is 46.9 Å². The summed E-state index contributed by atoms with van der Waals surface area (Å²) in [4.78, 5) is 12.8. The minimum Gasteiger partial charge on any atom is -0.332 e. The molecule has 3 rings (SSSR count). The fourth-order valence-electron chi connectivity index (χ4n) is 2.06. The van der Waals surface area contributed by atoms with Gasteiger partial charge in [-0.05, 0) is 52.4 Å². The highest BCUT2D eigenvalue weighted by atomic mass is 79.9. The van der Waals surface area contributed by atoms with Crippen LogP contribution in [0.25, 0.3) is 10.1 Å². The van der Waals surface area contributed by atoms with Gasteiger partial charge in [0.25, 0.3) is 5.91 Å². The minimum atomic E-state index is -0.345. The molecule has 0 unspecified atom stereocenters. The van der Waals surface area contributed by atoms with Gasteiger partial charge < -0.3 is 5.32 Å². The molecule has 0 saturated heterocycles. The van der Waals surface area contributed by atoms with Crippen LogP contribution < -0.4 is 10.6 Å². The summed E-state index contributed by atoms with van der Waals surface area (Å²) >= 11 is 22.1. The number of nitrogens with one attached hydrogen (secondary N) is 2. The fourth-order valence-corrected chi connectivity index (χ4v) is 4.11. The predicted octanol–water partition coefficient (Wildman–Crippen LogP) is 6.10. The third-order valence-electron chi connectivity index (χ3n) is 3.15. The van der Waals surface area contributed by atoms with Gasteiger partial charge in [0, 0.05) is 20.2 Å². The first-order chi connectivity index (χ1) is 11.5. The molecule has 122 valence electrons. The summed E-state index contributed by atoms with van der Waals surface area (Å²) in [5, 5.41) is 7.56. The van der Waals surface area contributed by atoms with Gasteiger partial charge in [-0.25, -0.2) is 0 Å². The lowest BCUT2D eigenvalue weighted by atomic mass is 10.2. The van der Waals surface area contributed by atoms with Crippen molar-refractivity contribution in [2.45, 2.75) is 0 Å². The van der Waals surface area contributed by atoms with Gasteiger partial charge in [0.2, 0.25) is 0 Å². The molecule has 2 N–H and O–H groups in total. The number of fused-ring (bicyclic) bond motifs is 1. The van der Waals surface area contributed by atoms with E-state index in [0.717, 1.165) is 14.6 Å². The lowest BCUT2D eigenvalue weighted by molar-refractivity contribution is 0.0982. The van der Waals surface area contributed by atoms with Crippen molar-refractivity contribution in [2.24, 2.45) is 0 Å². The number of rotatable bonds is 2. The molecule has 0 radical (unpaired) electrons. The van der Waals surface area contributed by atoms with Crippen molar-refractivity contribution in [2.75, 3.05) is 5.32 Å². The molecular formula is C16H9BrCl2N2OS2. The number of thiocarbonyl (C=S) groups is 1. The second-order valence-corrected chi connectivity index (χ2v) is 7.88. The Morgan fingerprint density at radius 3 is 2.62 bits per heavy atom. The van der Waals surface area contributed by atoms with Crippen LogP contribution in [0.3, 0.4) is 0 Å². The minimum absolute atomic E-state index is 0.173. The van der Waals surface area contributed by atoms with Crippen LogP contribution in [-0.4, -0.2) is 11.0 Å². The number of hydrogen-bond acceptors (Lipinski definition) is 3. The maximum Gasteiger partial charge on any atom is 0.269 e. The molecule has 0 aliphatic heterocycles. The van der Waals surface area contributed by atoms with Gasteiger partial charge in [0.05, 0.1) is 10.0 Å². The van der Waals surface area contributed by atoms with Crippen molar-refractivity contribution >= 4 is 89.5 Å².